The first kappa shape index (κ1) is 15.5. The second kappa shape index (κ2) is 6.24. The summed E-state index contributed by atoms with van der Waals surface area (Å²) in [4.78, 5) is 0.389. The lowest BCUT2D eigenvalue weighted by Gasteiger charge is -2.35. The molecule has 1 aromatic carbocycles. The summed E-state index contributed by atoms with van der Waals surface area (Å²) >= 11 is 0. The van der Waals surface area contributed by atoms with Crippen LogP contribution >= 0.6 is 0 Å². The van der Waals surface area contributed by atoms with Crippen molar-refractivity contribution in [3.8, 4) is 0 Å². The molecular formula is C15H24N2O2S. The van der Waals surface area contributed by atoms with Crippen LogP contribution in [0.2, 0.25) is 0 Å². The van der Waals surface area contributed by atoms with Crippen LogP contribution < -0.4 is 5.73 Å². The lowest BCUT2D eigenvalue weighted by molar-refractivity contribution is 0.247. The van der Waals surface area contributed by atoms with E-state index in [1.807, 2.05) is 19.1 Å². The number of rotatable bonds is 4. The van der Waals surface area contributed by atoms with Crippen LogP contribution in [0.25, 0.3) is 0 Å². The summed E-state index contributed by atoms with van der Waals surface area (Å²) in [7, 11) is -3.39. The summed E-state index contributed by atoms with van der Waals surface area (Å²) in [6.07, 6.45) is 3.51. The molecule has 0 unspecified atom stereocenters. The molecule has 0 spiro atoms. The van der Waals surface area contributed by atoms with E-state index in [0.29, 0.717) is 11.4 Å². The third-order valence-corrected chi connectivity index (χ3v) is 5.95. The second-order valence-electron chi connectivity index (χ2n) is 5.64. The largest absolute Gasteiger partial charge is 0.328 e. The third-order valence-electron chi connectivity index (χ3n) is 3.92. The van der Waals surface area contributed by atoms with E-state index in [0.717, 1.165) is 25.7 Å². The third kappa shape index (κ3) is 3.22. The van der Waals surface area contributed by atoms with Crippen molar-refractivity contribution in [2.75, 3.05) is 6.54 Å². The Balaban J connectivity index is 2.21. The smallest absolute Gasteiger partial charge is 0.243 e. The number of nitrogens with two attached hydrogens (primary N) is 1. The van der Waals surface area contributed by atoms with Gasteiger partial charge in [0.15, 0.2) is 0 Å². The fraction of sp³-hybridized carbons (Fsp3) is 0.600. The quantitative estimate of drug-likeness (QED) is 0.926. The zero-order chi connectivity index (χ0) is 14.8. The molecule has 2 rings (SSSR count). The fourth-order valence-corrected chi connectivity index (χ4v) is 4.45. The lowest BCUT2D eigenvalue weighted by atomic mass is 10.0. The average Bonchev–Trinajstić information content (AvgIpc) is 2.39. The Morgan fingerprint density at radius 3 is 2.50 bits per heavy atom. The SMILES string of the molecule is CCCc1ccc(S(=O)(=O)N2CC[C@@H](N)C[C@@H]2C)cc1. The van der Waals surface area contributed by atoms with E-state index in [9.17, 15) is 8.42 Å². The number of aryl methyl sites for hydroxylation is 1. The molecule has 0 saturated carbocycles. The van der Waals surface area contributed by atoms with Crippen LogP contribution in [-0.2, 0) is 16.4 Å². The van der Waals surface area contributed by atoms with E-state index >= 15 is 0 Å². The Morgan fingerprint density at radius 1 is 1.30 bits per heavy atom. The van der Waals surface area contributed by atoms with Gasteiger partial charge in [0.05, 0.1) is 4.90 Å². The van der Waals surface area contributed by atoms with Gasteiger partial charge < -0.3 is 5.73 Å². The number of hydrogen-bond acceptors (Lipinski definition) is 3. The maximum Gasteiger partial charge on any atom is 0.243 e. The summed E-state index contributed by atoms with van der Waals surface area (Å²) in [5, 5.41) is 0. The van der Waals surface area contributed by atoms with E-state index in [1.165, 1.54) is 5.56 Å². The summed E-state index contributed by atoms with van der Waals surface area (Å²) in [6.45, 7) is 4.56. The molecule has 0 radical (unpaired) electrons. The van der Waals surface area contributed by atoms with Gasteiger partial charge in [-0.3, -0.25) is 0 Å². The van der Waals surface area contributed by atoms with Crippen molar-refractivity contribution in [1.29, 1.82) is 0 Å². The van der Waals surface area contributed by atoms with Gasteiger partial charge in [-0.2, -0.15) is 4.31 Å². The van der Waals surface area contributed by atoms with Gasteiger partial charge in [-0.15, -0.1) is 0 Å². The van der Waals surface area contributed by atoms with Gasteiger partial charge in [-0.25, -0.2) is 8.42 Å². The molecule has 1 fully saturated rings. The van der Waals surface area contributed by atoms with Gasteiger partial charge >= 0.3 is 0 Å². The van der Waals surface area contributed by atoms with Crippen LogP contribution in [0.15, 0.2) is 29.2 Å². The minimum absolute atomic E-state index is 0.0286. The van der Waals surface area contributed by atoms with Crippen molar-refractivity contribution in [2.45, 2.75) is 56.5 Å². The van der Waals surface area contributed by atoms with Gasteiger partial charge in [0, 0.05) is 18.6 Å². The molecule has 2 atom stereocenters. The Morgan fingerprint density at radius 2 is 1.95 bits per heavy atom. The van der Waals surface area contributed by atoms with Crippen molar-refractivity contribution < 1.29 is 8.42 Å². The lowest BCUT2D eigenvalue weighted by Crippen LogP contribution is -2.48. The Hall–Kier alpha value is -0.910. The molecule has 1 aliphatic heterocycles. The zero-order valence-corrected chi connectivity index (χ0v) is 13.1. The number of hydrogen-bond donors (Lipinski definition) is 1. The molecule has 1 aliphatic rings. The molecule has 0 aromatic heterocycles. The highest BCUT2D eigenvalue weighted by molar-refractivity contribution is 7.89. The highest BCUT2D eigenvalue weighted by Gasteiger charge is 2.33. The Kier molecular flexibility index (Phi) is 4.83. The number of benzene rings is 1. The van der Waals surface area contributed by atoms with Crippen LogP contribution in [-0.4, -0.2) is 31.4 Å². The topological polar surface area (TPSA) is 63.4 Å². The Bertz CT molecular complexity index is 539. The molecule has 5 heteroatoms. The highest BCUT2D eigenvalue weighted by Crippen LogP contribution is 2.25. The molecule has 2 N–H and O–H groups in total. The molecule has 1 heterocycles. The predicted octanol–water partition coefficient (Wildman–Crippen LogP) is 2.14. The molecular weight excluding hydrogens is 272 g/mol. The van der Waals surface area contributed by atoms with Gasteiger partial charge in [0.1, 0.15) is 0 Å². The van der Waals surface area contributed by atoms with Crippen molar-refractivity contribution >= 4 is 10.0 Å². The van der Waals surface area contributed by atoms with Crippen LogP contribution in [0.5, 0.6) is 0 Å². The first-order valence-electron chi connectivity index (χ1n) is 7.31. The maximum absolute atomic E-state index is 12.7. The van der Waals surface area contributed by atoms with E-state index in [4.69, 9.17) is 5.73 Å². The first-order valence-corrected chi connectivity index (χ1v) is 8.75. The van der Waals surface area contributed by atoms with Crippen molar-refractivity contribution in [3.63, 3.8) is 0 Å². The predicted molar refractivity (Wildman–Crippen MR) is 81.0 cm³/mol. The molecule has 20 heavy (non-hydrogen) atoms. The molecule has 4 nitrogen and oxygen atoms in total. The standard InChI is InChI=1S/C15H24N2O2S/c1-3-4-13-5-7-15(8-6-13)20(18,19)17-10-9-14(16)11-12(17)2/h5-8,12,14H,3-4,9-11,16H2,1-2H3/t12-,14+/m0/s1. The molecule has 1 saturated heterocycles. The van der Waals surface area contributed by atoms with Gasteiger partial charge in [-0.05, 0) is 43.9 Å². The highest BCUT2D eigenvalue weighted by atomic mass is 32.2. The summed E-state index contributed by atoms with van der Waals surface area (Å²) < 4.78 is 26.9. The van der Waals surface area contributed by atoms with Gasteiger partial charge in [0.2, 0.25) is 10.0 Å². The first-order chi connectivity index (χ1) is 9.45. The van der Waals surface area contributed by atoms with Crippen molar-refractivity contribution in [2.24, 2.45) is 5.73 Å². The van der Waals surface area contributed by atoms with Gasteiger partial charge in [0.25, 0.3) is 0 Å². The average molecular weight is 296 g/mol. The molecule has 1 aromatic rings. The monoisotopic (exact) mass is 296 g/mol. The van der Waals surface area contributed by atoms with E-state index < -0.39 is 10.0 Å². The summed E-state index contributed by atoms with van der Waals surface area (Å²) in [5.41, 5.74) is 7.08. The second-order valence-corrected chi connectivity index (χ2v) is 7.53. The zero-order valence-electron chi connectivity index (χ0n) is 12.2. The normalized spacial score (nSPS) is 24.8. The summed E-state index contributed by atoms with van der Waals surface area (Å²) in [5.74, 6) is 0. The van der Waals surface area contributed by atoms with Crippen LogP contribution in [0, 0.1) is 0 Å². The van der Waals surface area contributed by atoms with E-state index in [1.54, 1.807) is 16.4 Å². The molecule has 0 amide bonds. The minimum atomic E-state index is -3.39. The van der Waals surface area contributed by atoms with Crippen LogP contribution in [0.1, 0.15) is 38.7 Å². The van der Waals surface area contributed by atoms with Crippen molar-refractivity contribution in [1.82, 2.24) is 4.31 Å². The molecule has 0 aliphatic carbocycles. The van der Waals surface area contributed by atoms with Crippen LogP contribution in [0.3, 0.4) is 0 Å². The van der Waals surface area contributed by atoms with Crippen LogP contribution in [0.4, 0.5) is 0 Å². The summed E-state index contributed by atoms with van der Waals surface area (Å²) in [6, 6.07) is 7.36. The number of sulfonamides is 1. The van der Waals surface area contributed by atoms with E-state index in [2.05, 4.69) is 6.92 Å². The number of nitrogens with zero attached hydrogens (tertiary/aromatic N) is 1. The maximum atomic E-state index is 12.7. The Labute approximate surface area is 122 Å². The molecule has 0 bridgehead atoms. The van der Waals surface area contributed by atoms with Crippen molar-refractivity contribution in [3.05, 3.63) is 29.8 Å². The number of piperidine rings is 1. The fourth-order valence-electron chi connectivity index (χ4n) is 2.80. The minimum Gasteiger partial charge on any atom is -0.328 e. The van der Waals surface area contributed by atoms with Gasteiger partial charge in [-0.1, -0.05) is 25.5 Å². The molecule has 112 valence electrons. The van der Waals surface area contributed by atoms with E-state index in [-0.39, 0.29) is 12.1 Å².